The van der Waals surface area contributed by atoms with Gasteiger partial charge in [0.2, 0.25) is 11.8 Å². The fourth-order valence-corrected chi connectivity index (χ4v) is 5.95. The second kappa shape index (κ2) is 11.9. The van der Waals surface area contributed by atoms with Crippen molar-refractivity contribution in [2.24, 2.45) is 0 Å². The van der Waals surface area contributed by atoms with E-state index in [2.05, 4.69) is 9.97 Å². The Morgan fingerprint density at radius 2 is 1.02 bits per heavy atom. The summed E-state index contributed by atoms with van der Waals surface area (Å²) in [5, 5.41) is 0.691. The third-order valence-corrected chi connectivity index (χ3v) is 8.43. The molecule has 10 aromatic rings. The summed E-state index contributed by atoms with van der Waals surface area (Å²) >= 11 is 0. The molecule has 8 aromatic carbocycles. The van der Waals surface area contributed by atoms with E-state index in [1.165, 1.54) is 4.90 Å². The van der Waals surface area contributed by atoms with Gasteiger partial charge >= 0.3 is 0 Å². The first kappa shape index (κ1) is 18.7. The number of rotatable bonds is 6. The molecule has 0 bridgehead atoms. The van der Waals surface area contributed by atoms with Gasteiger partial charge in [0.25, 0.3) is 0 Å². The lowest BCUT2D eigenvalue weighted by Crippen LogP contribution is -2.09. The van der Waals surface area contributed by atoms with Crippen molar-refractivity contribution in [2.45, 2.75) is 0 Å². The van der Waals surface area contributed by atoms with Crippen LogP contribution in [0, 0.1) is 0 Å². The van der Waals surface area contributed by atoms with Crippen LogP contribution in [0.5, 0.6) is 0 Å². The second-order valence-electron chi connectivity index (χ2n) is 11.7. The summed E-state index contributed by atoms with van der Waals surface area (Å²) < 4.78 is 128. The van der Waals surface area contributed by atoms with Crippen molar-refractivity contribution in [2.75, 3.05) is 4.90 Å². The minimum Gasteiger partial charge on any atom is -0.436 e. The number of hydrogen-bond donors (Lipinski definition) is 0. The largest absolute Gasteiger partial charge is 0.436 e. The normalized spacial score (nSPS) is 15.1. The van der Waals surface area contributed by atoms with Crippen molar-refractivity contribution in [3.05, 3.63) is 176 Å². The van der Waals surface area contributed by atoms with E-state index in [1.807, 2.05) is 12.1 Å². The van der Waals surface area contributed by atoms with E-state index >= 15 is 0 Å². The van der Waals surface area contributed by atoms with Crippen LogP contribution in [0.2, 0.25) is 0 Å². The minimum atomic E-state index is -0.563. The first-order valence-corrected chi connectivity index (χ1v) is 15.9. The molecule has 0 saturated carbocycles. The smallest absolute Gasteiger partial charge is 0.227 e. The molecule has 0 N–H and O–H groups in total. The molecule has 0 saturated heterocycles. The van der Waals surface area contributed by atoms with E-state index in [1.54, 1.807) is 84.9 Å². The number of fused-ring (bicyclic) bond motifs is 4. The van der Waals surface area contributed by atoms with Crippen LogP contribution in [0.4, 0.5) is 17.1 Å². The number of aromatic nitrogens is 2. The average molecular weight is 669 g/mol. The van der Waals surface area contributed by atoms with Gasteiger partial charge < -0.3 is 13.7 Å². The van der Waals surface area contributed by atoms with Gasteiger partial charge in [-0.05, 0) is 105 Å². The molecule has 0 unspecified atom stereocenters. The van der Waals surface area contributed by atoms with Crippen LogP contribution < -0.4 is 4.90 Å². The lowest BCUT2D eigenvalue weighted by atomic mass is 9.98. The summed E-state index contributed by atoms with van der Waals surface area (Å²) in [7, 11) is 0. The van der Waals surface area contributed by atoms with Gasteiger partial charge in [-0.2, -0.15) is 0 Å². The standard InChI is InChI=1S/C46H29N3O2/c1-3-10-31(11-4-1)45-47-41-23-21-39(28-43(41)50-45)49(40-22-24-42-44(29-40)51-46(48-42)32-12-5-2-6-13-32)38-20-19-36-26-35(17-18-37(36)27-38)34-16-15-30-9-7-8-14-33(30)25-34/h1-29H/i7D,8D,9D,14D,15D,16D,21D,22D,23D,24D,25D,28D,29D. The Hall–Kier alpha value is -6.98. The van der Waals surface area contributed by atoms with E-state index in [0.29, 0.717) is 27.5 Å². The molecule has 0 radical (unpaired) electrons. The van der Waals surface area contributed by atoms with Gasteiger partial charge in [0.1, 0.15) is 11.0 Å². The summed E-state index contributed by atoms with van der Waals surface area (Å²) in [5.41, 5.74) is 0.876. The third kappa shape index (κ3) is 5.29. The van der Waals surface area contributed by atoms with Crippen molar-refractivity contribution in [3.8, 4) is 34.0 Å². The van der Waals surface area contributed by atoms with Crippen LogP contribution in [-0.2, 0) is 0 Å². The molecule has 0 atom stereocenters. The number of anilines is 3. The summed E-state index contributed by atoms with van der Waals surface area (Å²) in [4.78, 5) is 10.3. The topological polar surface area (TPSA) is 55.3 Å². The maximum atomic E-state index is 9.53. The van der Waals surface area contributed by atoms with Gasteiger partial charge in [-0.3, -0.25) is 0 Å². The van der Waals surface area contributed by atoms with Gasteiger partial charge in [-0.15, -0.1) is 0 Å². The monoisotopic (exact) mass is 668 g/mol. The van der Waals surface area contributed by atoms with Crippen LogP contribution in [0.3, 0.4) is 0 Å². The predicted octanol–water partition coefficient (Wildman–Crippen LogP) is 12.7. The molecule has 0 amide bonds. The molecule has 0 aliphatic heterocycles. The maximum absolute atomic E-state index is 9.53. The lowest BCUT2D eigenvalue weighted by molar-refractivity contribution is 0.620. The Bertz CT molecular complexity index is 3480. The van der Waals surface area contributed by atoms with Crippen LogP contribution in [0.1, 0.15) is 17.8 Å². The minimum absolute atomic E-state index is 0.0121. The summed E-state index contributed by atoms with van der Waals surface area (Å²) in [6, 6.07) is 21.8. The van der Waals surface area contributed by atoms with E-state index in [-0.39, 0.29) is 97.6 Å². The van der Waals surface area contributed by atoms with Crippen LogP contribution >= 0.6 is 0 Å². The van der Waals surface area contributed by atoms with Gasteiger partial charge in [0.15, 0.2) is 11.2 Å². The molecule has 51 heavy (non-hydrogen) atoms. The van der Waals surface area contributed by atoms with E-state index in [0.717, 1.165) is 0 Å². The number of nitrogens with zero attached hydrogens (tertiary/aromatic N) is 3. The number of hydrogen-bond acceptors (Lipinski definition) is 5. The van der Waals surface area contributed by atoms with E-state index < -0.39 is 48.3 Å². The molecule has 5 heteroatoms. The molecule has 2 aromatic heterocycles. The number of benzene rings is 8. The molecule has 0 aliphatic carbocycles. The van der Waals surface area contributed by atoms with Gasteiger partial charge in [0.05, 0.1) is 17.8 Å². The Morgan fingerprint density at radius 1 is 0.431 bits per heavy atom. The highest BCUT2D eigenvalue weighted by Gasteiger charge is 2.18. The van der Waals surface area contributed by atoms with Gasteiger partial charge in [-0.1, -0.05) is 90.9 Å². The Kier molecular flexibility index (Phi) is 4.35. The van der Waals surface area contributed by atoms with Gasteiger partial charge in [-0.25, -0.2) is 9.97 Å². The fraction of sp³-hybridized carbons (Fsp3) is 0. The molecular weight excluding hydrogens is 627 g/mol. The zero-order valence-electron chi connectivity index (χ0n) is 39.4. The highest BCUT2D eigenvalue weighted by Crippen LogP contribution is 2.40. The van der Waals surface area contributed by atoms with E-state index in [4.69, 9.17) is 21.2 Å². The maximum Gasteiger partial charge on any atom is 0.227 e. The Labute approximate surface area is 311 Å². The third-order valence-electron chi connectivity index (χ3n) is 8.43. The quantitative estimate of drug-likeness (QED) is 0.176. The molecule has 10 rings (SSSR count). The first-order chi connectivity index (χ1) is 30.7. The molecular formula is C46H29N3O2. The zero-order chi connectivity index (χ0) is 45.0. The first-order valence-electron chi connectivity index (χ1n) is 22.4. The second-order valence-corrected chi connectivity index (χ2v) is 11.7. The van der Waals surface area contributed by atoms with Crippen molar-refractivity contribution in [3.63, 3.8) is 0 Å². The van der Waals surface area contributed by atoms with Crippen molar-refractivity contribution < 1.29 is 26.7 Å². The Morgan fingerprint density at radius 3 is 1.67 bits per heavy atom. The highest BCUT2D eigenvalue weighted by molar-refractivity contribution is 5.95. The molecule has 5 nitrogen and oxygen atoms in total. The molecule has 0 aliphatic rings. The fourth-order valence-electron chi connectivity index (χ4n) is 5.95. The zero-order valence-corrected chi connectivity index (χ0v) is 26.4. The van der Waals surface area contributed by atoms with Crippen molar-refractivity contribution >= 4 is 60.8 Å². The van der Waals surface area contributed by atoms with Crippen molar-refractivity contribution in [1.82, 2.24) is 9.97 Å². The SMILES string of the molecule is [2H]c1c(N(c2ccc3cc(-c4c([2H])c([2H])c5c([2H])c([2H])c([2H])c([2H])c5c4[2H])ccc3c2)c2c([2H])c([2H])c3nc(-c4ccccc4)oc3c2[2H])c([2H])c2oc(-c3ccccc3)nc2c1[2H]. The van der Waals surface area contributed by atoms with Crippen molar-refractivity contribution in [1.29, 1.82) is 0 Å². The van der Waals surface area contributed by atoms with E-state index in [9.17, 15) is 5.48 Å². The molecule has 240 valence electrons. The average Bonchev–Trinajstić information content (AvgIpc) is 3.97. The Balaban J connectivity index is 1.20. The predicted molar refractivity (Wildman–Crippen MR) is 208 cm³/mol. The molecule has 2 heterocycles. The summed E-state index contributed by atoms with van der Waals surface area (Å²) in [5.74, 6) is 0.232. The number of oxazole rings is 2. The highest BCUT2D eigenvalue weighted by atomic mass is 16.4. The van der Waals surface area contributed by atoms with Crippen LogP contribution in [0.25, 0.3) is 77.8 Å². The van der Waals surface area contributed by atoms with Crippen LogP contribution in [-0.4, -0.2) is 9.97 Å². The molecule has 0 fully saturated rings. The summed E-state index contributed by atoms with van der Waals surface area (Å²) in [6.45, 7) is 0. The van der Waals surface area contributed by atoms with Crippen LogP contribution in [0.15, 0.2) is 184 Å². The lowest BCUT2D eigenvalue weighted by Gasteiger charge is -2.25. The summed E-state index contributed by atoms with van der Waals surface area (Å²) in [6.07, 6.45) is 0. The molecule has 0 spiro atoms. The van der Waals surface area contributed by atoms with Gasteiger partial charge in [0, 0.05) is 40.3 Å².